The van der Waals surface area contributed by atoms with Crippen molar-refractivity contribution in [1.29, 1.82) is 5.26 Å². The normalized spacial score (nSPS) is 22.6. The summed E-state index contributed by atoms with van der Waals surface area (Å²) in [5.74, 6) is -0.0832. The highest BCUT2D eigenvalue weighted by Crippen LogP contribution is 2.36. The van der Waals surface area contributed by atoms with E-state index in [2.05, 4.69) is 6.07 Å². The van der Waals surface area contributed by atoms with Gasteiger partial charge in [0.15, 0.2) is 0 Å². The molecule has 1 amide bonds. The molecule has 1 aromatic rings. The van der Waals surface area contributed by atoms with E-state index in [1.165, 1.54) is 0 Å². The standard InChI is InChI=1S/C17H21BN2O3/c1-16(2)17(3,4)23-18(22-16)14-7-5-6-13(8-14)15(21)20-10-12(9-19)11-20/h5-8,12H,10-11H2,1-4H3. The Bertz CT molecular complexity index is 659. The van der Waals surface area contributed by atoms with Gasteiger partial charge in [-0.2, -0.15) is 5.26 Å². The van der Waals surface area contributed by atoms with Crippen LogP contribution in [0.15, 0.2) is 24.3 Å². The molecule has 23 heavy (non-hydrogen) atoms. The van der Waals surface area contributed by atoms with Gasteiger partial charge in [0.05, 0.1) is 23.2 Å². The van der Waals surface area contributed by atoms with Crippen molar-refractivity contribution in [3.05, 3.63) is 29.8 Å². The summed E-state index contributed by atoms with van der Waals surface area (Å²) in [6.45, 7) is 9.04. The maximum absolute atomic E-state index is 12.4. The maximum atomic E-state index is 12.4. The first kappa shape index (κ1) is 16.0. The van der Waals surface area contributed by atoms with Crippen LogP contribution in [0.3, 0.4) is 0 Å². The van der Waals surface area contributed by atoms with E-state index in [0.717, 1.165) is 5.46 Å². The molecule has 1 aromatic carbocycles. The zero-order chi connectivity index (χ0) is 16.8. The highest BCUT2D eigenvalue weighted by Gasteiger charge is 2.51. The van der Waals surface area contributed by atoms with Crippen LogP contribution < -0.4 is 5.46 Å². The number of benzene rings is 1. The second kappa shape index (κ2) is 5.36. The molecule has 2 heterocycles. The largest absolute Gasteiger partial charge is 0.494 e. The molecule has 2 saturated heterocycles. The van der Waals surface area contributed by atoms with Crippen molar-refractivity contribution in [2.75, 3.05) is 13.1 Å². The smallest absolute Gasteiger partial charge is 0.399 e. The molecule has 0 aromatic heterocycles. The summed E-state index contributed by atoms with van der Waals surface area (Å²) < 4.78 is 12.1. The lowest BCUT2D eigenvalue weighted by Gasteiger charge is -2.35. The first-order chi connectivity index (χ1) is 10.7. The average molecular weight is 312 g/mol. The summed E-state index contributed by atoms with van der Waals surface area (Å²) in [4.78, 5) is 14.1. The summed E-state index contributed by atoms with van der Waals surface area (Å²) in [6, 6.07) is 9.54. The molecule has 0 spiro atoms. The third kappa shape index (κ3) is 2.75. The van der Waals surface area contributed by atoms with Crippen LogP contribution in [0.4, 0.5) is 0 Å². The Labute approximate surface area is 137 Å². The van der Waals surface area contributed by atoms with E-state index >= 15 is 0 Å². The number of rotatable bonds is 2. The van der Waals surface area contributed by atoms with Gasteiger partial charge in [-0.3, -0.25) is 4.79 Å². The van der Waals surface area contributed by atoms with Gasteiger partial charge in [0.25, 0.3) is 5.91 Å². The van der Waals surface area contributed by atoms with Crippen LogP contribution >= 0.6 is 0 Å². The Morgan fingerprint density at radius 1 is 1.26 bits per heavy atom. The number of hydrogen-bond acceptors (Lipinski definition) is 4. The van der Waals surface area contributed by atoms with Gasteiger partial charge >= 0.3 is 7.12 Å². The van der Waals surface area contributed by atoms with E-state index in [4.69, 9.17) is 14.6 Å². The Balaban J connectivity index is 1.77. The van der Waals surface area contributed by atoms with Gasteiger partial charge in [-0.15, -0.1) is 0 Å². The molecule has 120 valence electrons. The number of hydrogen-bond donors (Lipinski definition) is 0. The molecule has 0 saturated carbocycles. The van der Waals surface area contributed by atoms with Crippen LogP contribution in [0, 0.1) is 17.2 Å². The molecule has 0 bridgehead atoms. The van der Waals surface area contributed by atoms with E-state index < -0.39 is 18.3 Å². The van der Waals surface area contributed by atoms with Crippen LogP contribution in [0.2, 0.25) is 0 Å². The van der Waals surface area contributed by atoms with Crippen molar-refractivity contribution in [3.8, 4) is 6.07 Å². The Kier molecular flexibility index (Phi) is 3.74. The van der Waals surface area contributed by atoms with E-state index in [1.54, 1.807) is 11.0 Å². The maximum Gasteiger partial charge on any atom is 0.494 e. The Morgan fingerprint density at radius 2 is 1.87 bits per heavy atom. The topological polar surface area (TPSA) is 62.6 Å². The minimum atomic E-state index is -0.476. The predicted molar refractivity (Wildman–Crippen MR) is 87.2 cm³/mol. The molecule has 3 rings (SSSR count). The van der Waals surface area contributed by atoms with Crippen molar-refractivity contribution < 1.29 is 14.1 Å². The van der Waals surface area contributed by atoms with Crippen LogP contribution in [-0.2, 0) is 9.31 Å². The molecule has 2 aliphatic rings. The van der Waals surface area contributed by atoms with Crippen molar-refractivity contribution in [1.82, 2.24) is 4.90 Å². The van der Waals surface area contributed by atoms with E-state index in [0.29, 0.717) is 18.7 Å². The minimum absolute atomic E-state index is 0.0368. The van der Waals surface area contributed by atoms with Gasteiger partial charge in [0.1, 0.15) is 0 Å². The van der Waals surface area contributed by atoms with Gasteiger partial charge < -0.3 is 14.2 Å². The number of carbonyl (C=O) groups excluding carboxylic acids is 1. The molecule has 5 nitrogen and oxygen atoms in total. The fraction of sp³-hybridized carbons (Fsp3) is 0.529. The second-order valence-corrected chi connectivity index (χ2v) is 7.25. The zero-order valence-corrected chi connectivity index (χ0v) is 14.0. The van der Waals surface area contributed by atoms with Crippen molar-refractivity contribution in [2.45, 2.75) is 38.9 Å². The number of carbonyl (C=O) groups is 1. The Hall–Kier alpha value is -1.84. The van der Waals surface area contributed by atoms with Crippen LogP contribution in [0.5, 0.6) is 0 Å². The lowest BCUT2D eigenvalue weighted by Crippen LogP contribution is -2.49. The molecule has 0 radical (unpaired) electrons. The lowest BCUT2D eigenvalue weighted by atomic mass is 9.78. The highest BCUT2D eigenvalue weighted by molar-refractivity contribution is 6.62. The molecular weight excluding hydrogens is 291 g/mol. The van der Waals surface area contributed by atoms with Gasteiger partial charge in [-0.05, 0) is 45.3 Å². The first-order valence-electron chi connectivity index (χ1n) is 7.88. The number of amides is 1. The SMILES string of the molecule is CC1(C)OB(c2cccc(C(=O)N3CC(C#N)C3)c2)OC1(C)C. The summed E-state index contributed by atoms with van der Waals surface area (Å²) in [5.41, 5.74) is 0.630. The van der Waals surface area contributed by atoms with E-state index in [9.17, 15) is 4.79 Å². The molecule has 6 heteroatoms. The minimum Gasteiger partial charge on any atom is -0.399 e. The molecule has 0 unspecified atom stereocenters. The van der Waals surface area contributed by atoms with Crippen molar-refractivity contribution in [3.63, 3.8) is 0 Å². The van der Waals surface area contributed by atoms with Gasteiger partial charge in [0, 0.05) is 18.7 Å². The molecule has 0 aliphatic carbocycles. The fourth-order valence-electron chi connectivity index (χ4n) is 2.71. The molecule has 0 atom stereocenters. The molecular formula is C17H21BN2O3. The quantitative estimate of drug-likeness (QED) is 0.778. The van der Waals surface area contributed by atoms with Crippen LogP contribution in [0.25, 0.3) is 0 Å². The second-order valence-electron chi connectivity index (χ2n) is 7.25. The van der Waals surface area contributed by atoms with Crippen LogP contribution in [-0.4, -0.2) is 42.2 Å². The van der Waals surface area contributed by atoms with Gasteiger partial charge in [0.2, 0.25) is 0 Å². The summed E-state index contributed by atoms with van der Waals surface area (Å²) in [6.07, 6.45) is 0. The van der Waals surface area contributed by atoms with Gasteiger partial charge in [-0.1, -0.05) is 12.1 Å². The molecule has 2 fully saturated rings. The highest BCUT2D eigenvalue weighted by atomic mass is 16.7. The third-order valence-corrected chi connectivity index (χ3v) is 5.01. The average Bonchev–Trinajstić information content (AvgIpc) is 2.66. The van der Waals surface area contributed by atoms with Crippen molar-refractivity contribution in [2.24, 2.45) is 5.92 Å². The van der Waals surface area contributed by atoms with Crippen molar-refractivity contribution >= 4 is 18.5 Å². The predicted octanol–water partition coefficient (Wildman–Crippen LogP) is 1.58. The lowest BCUT2D eigenvalue weighted by molar-refractivity contribution is 0.00578. The number of likely N-dealkylation sites (tertiary alicyclic amines) is 1. The number of nitriles is 1. The summed E-state index contributed by atoms with van der Waals surface area (Å²) in [7, 11) is -0.476. The van der Waals surface area contributed by atoms with Gasteiger partial charge in [-0.25, -0.2) is 0 Å². The monoisotopic (exact) mass is 312 g/mol. The molecule has 0 N–H and O–H groups in total. The molecule has 2 aliphatic heterocycles. The number of nitrogens with zero attached hydrogens (tertiary/aromatic N) is 2. The first-order valence-corrected chi connectivity index (χ1v) is 7.88. The summed E-state index contributed by atoms with van der Waals surface area (Å²) in [5, 5.41) is 8.82. The van der Waals surface area contributed by atoms with E-state index in [-0.39, 0.29) is 11.8 Å². The zero-order valence-electron chi connectivity index (χ0n) is 14.0. The Morgan fingerprint density at radius 3 is 2.43 bits per heavy atom. The summed E-state index contributed by atoms with van der Waals surface area (Å²) >= 11 is 0. The third-order valence-electron chi connectivity index (χ3n) is 5.01. The van der Waals surface area contributed by atoms with Crippen LogP contribution in [0.1, 0.15) is 38.1 Å². The fourth-order valence-corrected chi connectivity index (χ4v) is 2.71. The van der Waals surface area contributed by atoms with E-state index in [1.807, 2.05) is 45.9 Å².